The Kier molecular flexibility index (Phi) is 6.43. The Labute approximate surface area is 174 Å². The molecule has 11 heteroatoms. The molecule has 2 aromatic carbocycles. The fraction of sp³-hybridized carbons (Fsp3) is 0.0526. The Morgan fingerprint density at radius 1 is 0.967 bits per heavy atom. The fourth-order valence-electron chi connectivity index (χ4n) is 2.36. The van der Waals surface area contributed by atoms with Gasteiger partial charge in [0.15, 0.2) is 6.61 Å². The molecule has 3 aromatic rings. The largest absolute Gasteiger partial charge is 0.452 e. The summed E-state index contributed by atoms with van der Waals surface area (Å²) in [5.41, 5.74) is -0.846. The van der Waals surface area contributed by atoms with Gasteiger partial charge < -0.3 is 10.1 Å². The van der Waals surface area contributed by atoms with Crippen LogP contribution >= 0.6 is 11.3 Å². The number of anilines is 2. The highest BCUT2D eigenvalue weighted by molar-refractivity contribution is 7.94. The first kappa shape index (κ1) is 21.4. The zero-order chi connectivity index (χ0) is 21.7. The van der Waals surface area contributed by atoms with Gasteiger partial charge in [0, 0.05) is 0 Å². The van der Waals surface area contributed by atoms with Crippen LogP contribution in [0, 0.1) is 11.6 Å². The fourth-order valence-corrected chi connectivity index (χ4v) is 4.44. The summed E-state index contributed by atoms with van der Waals surface area (Å²) in [6.07, 6.45) is 0. The van der Waals surface area contributed by atoms with Gasteiger partial charge in [0.2, 0.25) is 0 Å². The number of benzene rings is 2. The van der Waals surface area contributed by atoms with Gasteiger partial charge in [0.05, 0.1) is 11.3 Å². The van der Waals surface area contributed by atoms with Gasteiger partial charge in [-0.05, 0) is 35.7 Å². The second-order valence-corrected chi connectivity index (χ2v) is 8.66. The summed E-state index contributed by atoms with van der Waals surface area (Å²) >= 11 is 1.000. The van der Waals surface area contributed by atoms with Crippen molar-refractivity contribution in [3.05, 3.63) is 77.2 Å². The molecule has 0 aliphatic heterocycles. The molecule has 1 heterocycles. The maximum atomic E-state index is 13.6. The molecule has 0 aliphatic carbocycles. The summed E-state index contributed by atoms with van der Waals surface area (Å²) in [7, 11) is -3.91. The lowest BCUT2D eigenvalue weighted by atomic mass is 10.2. The monoisotopic (exact) mass is 452 g/mol. The predicted molar refractivity (Wildman–Crippen MR) is 107 cm³/mol. The third kappa shape index (κ3) is 4.99. The molecule has 2 N–H and O–H groups in total. The minimum atomic E-state index is -3.91. The Hall–Kier alpha value is -3.31. The molecule has 0 unspecified atom stereocenters. The number of ether oxygens (including phenoxy) is 1. The van der Waals surface area contributed by atoms with Crippen LogP contribution in [0.4, 0.5) is 20.2 Å². The molecule has 0 spiro atoms. The van der Waals surface area contributed by atoms with E-state index in [0.717, 1.165) is 29.5 Å². The first-order valence-electron chi connectivity index (χ1n) is 8.34. The van der Waals surface area contributed by atoms with Gasteiger partial charge >= 0.3 is 5.97 Å². The Morgan fingerprint density at radius 2 is 1.67 bits per heavy atom. The number of nitrogens with one attached hydrogen (secondary N) is 2. The maximum Gasteiger partial charge on any atom is 0.340 e. The number of para-hydroxylation sites is 2. The van der Waals surface area contributed by atoms with Crippen LogP contribution in [0.3, 0.4) is 0 Å². The van der Waals surface area contributed by atoms with Crippen molar-refractivity contribution < 1.29 is 31.5 Å². The number of halogens is 2. The molecule has 0 fully saturated rings. The van der Waals surface area contributed by atoms with Crippen molar-refractivity contribution in [2.45, 2.75) is 4.21 Å². The van der Waals surface area contributed by atoms with E-state index in [9.17, 15) is 26.8 Å². The summed E-state index contributed by atoms with van der Waals surface area (Å²) in [6.45, 7) is -0.835. The van der Waals surface area contributed by atoms with E-state index < -0.39 is 45.8 Å². The van der Waals surface area contributed by atoms with Crippen molar-refractivity contribution in [3.63, 3.8) is 0 Å². The van der Waals surface area contributed by atoms with E-state index in [2.05, 4.69) is 4.72 Å². The normalized spacial score (nSPS) is 11.0. The van der Waals surface area contributed by atoms with Gasteiger partial charge in [0.25, 0.3) is 15.9 Å². The molecule has 0 bridgehead atoms. The molecular formula is C19H14F2N2O5S2. The number of amides is 1. The third-order valence-electron chi connectivity index (χ3n) is 3.71. The molecule has 3 rings (SSSR count). The first-order valence-corrected chi connectivity index (χ1v) is 10.7. The number of thiophene rings is 1. The van der Waals surface area contributed by atoms with Crippen LogP contribution in [0.2, 0.25) is 0 Å². The third-order valence-corrected chi connectivity index (χ3v) is 6.48. The van der Waals surface area contributed by atoms with Crippen LogP contribution in [0.1, 0.15) is 10.4 Å². The first-order chi connectivity index (χ1) is 14.3. The molecule has 30 heavy (non-hydrogen) atoms. The van der Waals surface area contributed by atoms with Crippen LogP contribution in [0.15, 0.2) is 64.2 Å². The average Bonchev–Trinajstić information content (AvgIpc) is 3.25. The number of sulfonamides is 1. The van der Waals surface area contributed by atoms with Gasteiger partial charge in [0.1, 0.15) is 21.5 Å². The molecular weight excluding hydrogens is 438 g/mol. The number of hydrogen-bond donors (Lipinski definition) is 2. The van der Waals surface area contributed by atoms with E-state index >= 15 is 0 Å². The highest BCUT2D eigenvalue weighted by Gasteiger charge is 2.21. The number of hydrogen-bond acceptors (Lipinski definition) is 6. The smallest absolute Gasteiger partial charge is 0.340 e. The van der Waals surface area contributed by atoms with Gasteiger partial charge in [-0.1, -0.05) is 24.3 Å². The Morgan fingerprint density at radius 3 is 2.33 bits per heavy atom. The van der Waals surface area contributed by atoms with E-state index in [1.165, 1.54) is 30.3 Å². The van der Waals surface area contributed by atoms with Crippen molar-refractivity contribution in [3.8, 4) is 0 Å². The Bertz CT molecular complexity index is 1160. The van der Waals surface area contributed by atoms with Crippen LogP contribution < -0.4 is 10.0 Å². The van der Waals surface area contributed by atoms with Crippen molar-refractivity contribution >= 4 is 44.6 Å². The van der Waals surface area contributed by atoms with Crippen LogP contribution in [0.25, 0.3) is 0 Å². The second-order valence-electron chi connectivity index (χ2n) is 5.80. The maximum absolute atomic E-state index is 13.6. The van der Waals surface area contributed by atoms with Crippen molar-refractivity contribution in [2.24, 2.45) is 0 Å². The lowest BCUT2D eigenvalue weighted by molar-refractivity contribution is -0.119. The van der Waals surface area contributed by atoms with Crippen LogP contribution in [-0.4, -0.2) is 26.9 Å². The molecule has 1 aromatic heterocycles. The summed E-state index contributed by atoms with van der Waals surface area (Å²) in [6, 6.07) is 11.7. The van der Waals surface area contributed by atoms with Crippen molar-refractivity contribution in [1.29, 1.82) is 0 Å². The number of carbonyl (C=O) groups excluding carboxylic acids is 2. The van der Waals surface area contributed by atoms with E-state index in [1.54, 1.807) is 11.4 Å². The molecule has 0 aliphatic rings. The summed E-state index contributed by atoms with van der Waals surface area (Å²) in [4.78, 5) is 24.2. The van der Waals surface area contributed by atoms with Crippen molar-refractivity contribution in [1.82, 2.24) is 0 Å². The number of carbonyl (C=O) groups is 2. The summed E-state index contributed by atoms with van der Waals surface area (Å²) < 4.78 is 59.1. The zero-order valence-electron chi connectivity index (χ0n) is 15.1. The van der Waals surface area contributed by atoms with Crippen LogP contribution in [-0.2, 0) is 19.6 Å². The second kappa shape index (κ2) is 9.01. The highest BCUT2D eigenvalue weighted by Crippen LogP contribution is 2.23. The molecule has 0 radical (unpaired) electrons. The number of esters is 1. The van der Waals surface area contributed by atoms with Crippen LogP contribution in [0.5, 0.6) is 0 Å². The highest BCUT2D eigenvalue weighted by atomic mass is 32.2. The minimum Gasteiger partial charge on any atom is -0.452 e. The Balaban J connectivity index is 1.68. The topological polar surface area (TPSA) is 102 Å². The lowest BCUT2D eigenvalue weighted by Gasteiger charge is -2.12. The molecule has 0 saturated carbocycles. The molecule has 0 saturated heterocycles. The van der Waals surface area contributed by atoms with Crippen molar-refractivity contribution in [2.75, 3.05) is 16.6 Å². The molecule has 7 nitrogen and oxygen atoms in total. The van der Waals surface area contributed by atoms with Gasteiger partial charge in [-0.25, -0.2) is 22.0 Å². The van der Waals surface area contributed by atoms with Gasteiger partial charge in [-0.2, -0.15) is 0 Å². The van der Waals surface area contributed by atoms with Gasteiger partial charge in [-0.15, -0.1) is 11.3 Å². The molecule has 0 atom stereocenters. The molecule has 156 valence electrons. The number of rotatable bonds is 7. The quantitative estimate of drug-likeness (QED) is 0.533. The van der Waals surface area contributed by atoms with E-state index in [4.69, 9.17) is 4.74 Å². The summed E-state index contributed by atoms with van der Waals surface area (Å²) in [5.74, 6) is -3.93. The molecule has 1 amide bonds. The minimum absolute atomic E-state index is 0.0449. The predicted octanol–water partition coefficient (Wildman–Crippen LogP) is 3.62. The zero-order valence-corrected chi connectivity index (χ0v) is 16.7. The average molecular weight is 452 g/mol. The van der Waals surface area contributed by atoms with E-state index in [-0.39, 0.29) is 15.5 Å². The SMILES string of the molecule is O=C(COC(=O)c1ccccc1NS(=O)(=O)c1cccs1)Nc1c(F)cccc1F. The standard InChI is InChI=1S/C19H14F2N2O5S2/c20-13-6-3-7-14(21)18(13)22-16(24)11-28-19(25)12-5-1-2-8-15(12)23-30(26,27)17-9-4-10-29-17/h1-10,23H,11H2,(H,22,24). The lowest BCUT2D eigenvalue weighted by Crippen LogP contribution is -2.23. The summed E-state index contributed by atoms with van der Waals surface area (Å²) in [5, 5.41) is 3.57. The van der Waals surface area contributed by atoms with E-state index in [0.29, 0.717) is 0 Å². The van der Waals surface area contributed by atoms with E-state index in [1.807, 2.05) is 5.32 Å². The van der Waals surface area contributed by atoms with Gasteiger partial charge in [-0.3, -0.25) is 9.52 Å².